The number of halogens is 1. The molecule has 2 aromatic rings. The summed E-state index contributed by atoms with van der Waals surface area (Å²) in [5, 5.41) is 0.589. The molecule has 2 rings (SSSR count). The van der Waals surface area contributed by atoms with Crippen LogP contribution < -0.4 is 4.74 Å². The normalized spacial score (nSPS) is 10.9. The molecule has 1 heterocycles. The largest absolute Gasteiger partial charge is 0.484 e. The number of nitrogens with zero attached hydrogens (tertiary/aromatic N) is 2. The zero-order chi connectivity index (χ0) is 22.1. The SMILES string of the molecule is COCCN(Cc1ccc(C)o1)C(=O)CN(C(=O)COc1ccc(Cl)cc1)C(C)C. The molecule has 0 atom stereocenters. The Kier molecular flexibility index (Phi) is 9.20. The lowest BCUT2D eigenvalue weighted by molar-refractivity contribution is -0.144. The highest BCUT2D eigenvalue weighted by atomic mass is 35.5. The lowest BCUT2D eigenvalue weighted by atomic mass is 10.3. The number of benzene rings is 1. The second-order valence-corrected chi connectivity index (χ2v) is 7.61. The lowest BCUT2D eigenvalue weighted by Crippen LogP contribution is -2.47. The highest BCUT2D eigenvalue weighted by Crippen LogP contribution is 2.16. The van der Waals surface area contributed by atoms with Gasteiger partial charge in [-0.05, 0) is 57.2 Å². The average molecular weight is 437 g/mol. The Morgan fingerprint density at radius 2 is 1.80 bits per heavy atom. The van der Waals surface area contributed by atoms with Crippen LogP contribution in [0.3, 0.4) is 0 Å². The Labute approximate surface area is 182 Å². The predicted molar refractivity (Wildman–Crippen MR) is 115 cm³/mol. The fourth-order valence-corrected chi connectivity index (χ4v) is 2.94. The van der Waals surface area contributed by atoms with Crippen LogP contribution in [0, 0.1) is 6.92 Å². The predicted octanol–water partition coefficient (Wildman–Crippen LogP) is 3.53. The Hall–Kier alpha value is -2.51. The van der Waals surface area contributed by atoms with Gasteiger partial charge in [-0.25, -0.2) is 0 Å². The highest BCUT2D eigenvalue weighted by Gasteiger charge is 2.24. The Morgan fingerprint density at radius 1 is 1.10 bits per heavy atom. The maximum Gasteiger partial charge on any atom is 0.261 e. The van der Waals surface area contributed by atoms with Crippen LogP contribution >= 0.6 is 11.6 Å². The van der Waals surface area contributed by atoms with Crippen LogP contribution in [0.15, 0.2) is 40.8 Å². The number of methoxy groups -OCH3 is 1. The zero-order valence-electron chi connectivity index (χ0n) is 17.9. The van der Waals surface area contributed by atoms with E-state index in [4.69, 9.17) is 25.5 Å². The zero-order valence-corrected chi connectivity index (χ0v) is 18.6. The Morgan fingerprint density at radius 3 is 2.37 bits per heavy atom. The smallest absolute Gasteiger partial charge is 0.261 e. The molecule has 0 bridgehead atoms. The third-order valence-corrected chi connectivity index (χ3v) is 4.74. The summed E-state index contributed by atoms with van der Waals surface area (Å²) in [4.78, 5) is 28.8. The molecule has 1 aromatic carbocycles. The second kappa shape index (κ2) is 11.6. The second-order valence-electron chi connectivity index (χ2n) is 7.18. The first-order valence-electron chi connectivity index (χ1n) is 9.80. The standard InChI is InChI=1S/C22H29ClN2O5/c1-16(2)25(22(27)15-29-19-9-6-18(23)7-10-19)14-21(26)24(11-12-28-4)13-20-8-5-17(3)30-20/h5-10,16H,11-15H2,1-4H3. The number of furan rings is 1. The number of ether oxygens (including phenoxy) is 2. The molecule has 0 unspecified atom stereocenters. The van der Waals surface area contributed by atoms with E-state index in [0.29, 0.717) is 36.2 Å². The topological polar surface area (TPSA) is 72.2 Å². The van der Waals surface area contributed by atoms with E-state index in [9.17, 15) is 9.59 Å². The summed E-state index contributed by atoms with van der Waals surface area (Å²) >= 11 is 5.86. The molecular formula is C22H29ClN2O5. The molecule has 0 aliphatic rings. The third-order valence-electron chi connectivity index (χ3n) is 4.49. The van der Waals surface area contributed by atoms with Gasteiger partial charge in [-0.2, -0.15) is 0 Å². The summed E-state index contributed by atoms with van der Waals surface area (Å²) in [5.41, 5.74) is 0. The van der Waals surface area contributed by atoms with Gasteiger partial charge in [0.15, 0.2) is 6.61 Å². The summed E-state index contributed by atoms with van der Waals surface area (Å²) < 4.78 is 16.3. The number of rotatable bonds is 11. The van der Waals surface area contributed by atoms with Crippen molar-refractivity contribution in [2.24, 2.45) is 0 Å². The van der Waals surface area contributed by atoms with Crippen molar-refractivity contribution in [3.63, 3.8) is 0 Å². The number of carbonyl (C=O) groups excluding carboxylic acids is 2. The molecule has 7 nitrogen and oxygen atoms in total. The maximum absolute atomic E-state index is 13.0. The van der Waals surface area contributed by atoms with Gasteiger partial charge >= 0.3 is 0 Å². The van der Waals surface area contributed by atoms with Crippen molar-refractivity contribution in [1.82, 2.24) is 9.80 Å². The van der Waals surface area contributed by atoms with Gasteiger partial charge in [-0.3, -0.25) is 9.59 Å². The number of amides is 2. The van der Waals surface area contributed by atoms with Gasteiger partial charge in [0, 0.05) is 24.7 Å². The van der Waals surface area contributed by atoms with Crippen LogP contribution in [0.1, 0.15) is 25.4 Å². The monoisotopic (exact) mass is 436 g/mol. The number of hydrogen-bond acceptors (Lipinski definition) is 5. The minimum atomic E-state index is -0.270. The van der Waals surface area contributed by atoms with E-state index in [1.54, 1.807) is 36.3 Å². The van der Waals surface area contributed by atoms with E-state index in [-0.39, 0.29) is 31.0 Å². The van der Waals surface area contributed by atoms with Crippen molar-refractivity contribution in [3.05, 3.63) is 52.9 Å². The molecule has 1 aromatic heterocycles. The Balaban J connectivity index is 2.00. The van der Waals surface area contributed by atoms with Gasteiger partial charge in [-0.15, -0.1) is 0 Å². The molecule has 0 radical (unpaired) electrons. The van der Waals surface area contributed by atoms with Crippen molar-refractivity contribution in [2.75, 3.05) is 33.4 Å². The number of hydrogen-bond donors (Lipinski definition) is 0. The summed E-state index contributed by atoms with van der Waals surface area (Å²) in [6, 6.07) is 10.3. The third kappa shape index (κ3) is 7.39. The van der Waals surface area contributed by atoms with Crippen molar-refractivity contribution >= 4 is 23.4 Å². The molecule has 30 heavy (non-hydrogen) atoms. The van der Waals surface area contributed by atoms with Gasteiger partial charge in [0.2, 0.25) is 5.91 Å². The van der Waals surface area contributed by atoms with Crippen LogP contribution in [0.4, 0.5) is 0 Å². The van der Waals surface area contributed by atoms with E-state index in [0.717, 1.165) is 5.76 Å². The van der Waals surface area contributed by atoms with Gasteiger partial charge in [0.05, 0.1) is 13.2 Å². The van der Waals surface area contributed by atoms with Crippen LogP contribution in [0.25, 0.3) is 0 Å². The lowest BCUT2D eigenvalue weighted by Gasteiger charge is -2.29. The van der Waals surface area contributed by atoms with E-state index in [2.05, 4.69) is 0 Å². The molecule has 8 heteroatoms. The van der Waals surface area contributed by atoms with Crippen LogP contribution in [0.5, 0.6) is 5.75 Å². The van der Waals surface area contributed by atoms with Crippen LogP contribution in [0.2, 0.25) is 5.02 Å². The van der Waals surface area contributed by atoms with Gasteiger partial charge in [0.1, 0.15) is 23.8 Å². The highest BCUT2D eigenvalue weighted by molar-refractivity contribution is 6.30. The Bertz CT molecular complexity index is 819. The van der Waals surface area contributed by atoms with Gasteiger partial charge in [0.25, 0.3) is 5.91 Å². The van der Waals surface area contributed by atoms with Crippen molar-refractivity contribution in [3.8, 4) is 5.75 Å². The first-order chi connectivity index (χ1) is 14.3. The minimum Gasteiger partial charge on any atom is -0.484 e. The van der Waals surface area contributed by atoms with Crippen molar-refractivity contribution < 1.29 is 23.5 Å². The molecule has 164 valence electrons. The van der Waals surface area contributed by atoms with E-state index >= 15 is 0 Å². The molecular weight excluding hydrogens is 408 g/mol. The van der Waals surface area contributed by atoms with E-state index in [1.165, 1.54) is 4.90 Å². The van der Waals surface area contributed by atoms with Crippen molar-refractivity contribution in [2.45, 2.75) is 33.4 Å². The summed E-state index contributed by atoms with van der Waals surface area (Å²) in [5.74, 6) is 1.55. The van der Waals surface area contributed by atoms with Crippen LogP contribution in [-0.4, -0.2) is 61.1 Å². The number of carbonyl (C=O) groups is 2. The molecule has 0 saturated heterocycles. The molecule has 0 fully saturated rings. The molecule has 0 spiro atoms. The molecule has 0 aliphatic heterocycles. The summed E-state index contributed by atoms with van der Waals surface area (Å²) in [6.45, 7) is 6.47. The van der Waals surface area contributed by atoms with E-state index in [1.807, 2.05) is 32.9 Å². The molecule has 0 saturated carbocycles. The first kappa shape index (κ1) is 23.8. The van der Waals surface area contributed by atoms with Crippen LogP contribution in [-0.2, 0) is 20.9 Å². The summed E-state index contributed by atoms with van der Waals surface area (Å²) in [6.07, 6.45) is 0. The maximum atomic E-state index is 13.0. The fourth-order valence-electron chi connectivity index (χ4n) is 2.81. The van der Waals surface area contributed by atoms with Gasteiger partial charge < -0.3 is 23.7 Å². The molecule has 0 aliphatic carbocycles. The summed E-state index contributed by atoms with van der Waals surface area (Å²) in [7, 11) is 1.58. The molecule has 0 N–H and O–H groups in total. The minimum absolute atomic E-state index is 0.0517. The van der Waals surface area contributed by atoms with Crippen molar-refractivity contribution in [1.29, 1.82) is 0 Å². The number of aryl methyl sites for hydroxylation is 1. The van der Waals surface area contributed by atoms with E-state index < -0.39 is 0 Å². The molecule has 2 amide bonds. The fraction of sp³-hybridized carbons (Fsp3) is 0.455. The van der Waals surface area contributed by atoms with Gasteiger partial charge in [-0.1, -0.05) is 11.6 Å². The average Bonchev–Trinajstić information content (AvgIpc) is 3.12. The quantitative estimate of drug-likeness (QED) is 0.538. The first-order valence-corrected chi connectivity index (χ1v) is 10.2.